The summed E-state index contributed by atoms with van der Waals surface area (Å²) in [6, 6.07) is 3.07. The topological polar surface area (TPSA) is 59.4 Å². The highest BCUT2D eigenvalue weighted by atomic mass is 16.5. The van der Waals surface area contributed by atoms with Crippen LogP contribution in [-0.2, 0) is 6.42 Å². The number of aryl methyl sites for hydroxylation is 1. The van der Waals surface area contributed by atoms with E-state index in [2.05, 4.69) is 18.8 Å². The molecule has 1 atom stereocenters. The third-order valence-corrected chi connectivity index (χ3v) is 2.76. The molecular formula is C14H21NO3. The van der Waals surface area contributed by atoms with E-state index in [0.717, 1.165) is 18.5 Å². The highest BCUT2D eigenvalue weighted by Crippen LogP contribution is 2.15. The smallest absolute Gasteiger partial charge is 0.335 e. The number of nitrogens with zero attached hydrogens (tertiary/aromatic N) is 1. The lowest BCUT2D eigenvalue weighted by molar-refractivity contribution is 0.0696. The zero-order valence-electron chi connectivity index (χ0n) is 11.3. The molecule has 0 bridgehead atoms. The Morgan fingerprint density at radius 3 is 2.72 bits per heavy atom. The minimum atomic E-state index is -0.946. The Hall–Kier alpha value is -1.58. The van der Waals surface area contributed by atoms with Crippen LogP contribution in [0, 0.1) is 5.92 Å². The molecule has 4 heteroatoms. The number of pyridine rings is 1. The molecule has 0 aliphatic carbocycles. The van der Waals surface area contributed by atoms with Crippen LogP contribution in [0.1, 0.15) is 49.7 Å². The van der Waals surface area contributed by atoms with Crippen molar-refractivity contribution in [1.82, 2.24) is 4.98 Å². The number of hydrogen-bond acceptors (Lipinski definition) is 3. The highest BCUT2D eigenvalue weighted by Gasteiger charge is 2.09. The van der Waals surface area contributed by atoms with E-state index in [4.69, 9.17) is 9.84 Å². The van der Waals surface area contributed by atoms with Crippen LogP contribution in [0.5, 0.6) is 5.88 Å². The van der Waals surface area contributed by atoms with Crippen molar-refractivity contribution in [2.24, 2.45) is 5.92 Å². The van der Waals surface area contributed by atoms with Gasteiger partial charge in [-0.3, -0.25) is 0 Å². The maximum absolute atomic E-state index is 11.0. The molecule has 0 fully saturated rings. The number of carboxylic acid groups (broad SMARTS) is 1. The van der Waals surface area contributed by atoms with Gasteiger partial charge in [0.25, 0.3) is 0 Å². The van der Waals surface area contributed by atoms with Crippen molar-refractivity contribution in [2.75, 3.05) is 6.61 Å². The molecular weight excluding hydrogens is 230 g/mol. The zero-order chi connectivity index (χ0) is 13.5. The Balaban J connectivity index is 2.75. The minimum Gasteiger partial charge on any atom is -0.478 e. The lowest BCUT2D eigenvalue weighted by atomic mass is 10.1. The fourth-order valence-corrected chi connectivity index (χ4v) is 1.74. The molecule has 1 unspecified atom stereocenters. The van der Waals surface area contributed by atoms with Crippen LogP contribution >= 0.6 is 0 Å². The quantitative estimate of drug-likeness (QED) is 0.808. The standard InChI is InChI=1S/C14H21NO3/c1-4-6-10(3)9-18-13-8-11(14(16)17)7-12(5-2)15-13/h7-8,10H,4-6,9H2,1-3H3,(H,16,17). The SMILES string of the molecule is CCCC(C)COc1cc(C(=O)O)cc(CC)n1. The lowest BCUT2D eigenvalue weighted by Gasteiger charge is -2.12. The van der Waals surface area contributed by atoms with Gasteiger partial charge < -0.3 is 9.84 Å². The molecule has 1 aromatic heterocycles. The number of aromatic carboxylic acids is 1. The fourth-order valence-electron chi connectivity index (χ4n) is 1.74. The van der Waals surface area contributed by atoms with Gasteiger partial charge >= 0.3 is 5.97 Å². The van der Waals surface area contributed by atoms with E-state index < -0.39 is 5.97 Å². The van der Waals surface area contributed by atoms with E-state index in [1.54, 1.807) is 6.07 Å². The molecule has 18 heavy (non-hydrogen) atoms. The largest absolute Gasteiger partial charge is 0.478 e. The molecule has 1 aromatic rings. The number of hydrogen-bond donors (Lipinski definition) is 1. The van der Waals surface area contributed by atoms with Gasteiger partial charge in [-0.05, 0) is 24.8 Å². The summed E-state index contributed by atoms with van der Waals surface area (Å²) in [5, 5.41) is 9.01. The third kappa shape index (κ3) is 4.35. The predicted molar refractivity (Wildman–Crippen MR) is 70.1 cm³/mol. The summed E-state index contributed by atoms with van der Waals surface area (Å²) >= 11 is 0. The maximum Gasteiger partial charge on any atom is 0.335 e. The van der Waals surface area contributed by atoms with Crippen molar-refractivity contribution in [3.05, 3.63) is 23.4 Å². The molecule has 4 nitrogen and oxygen atoms in total. The Kier molecular flexibility index (Phi) is 5.62. The van der Waals surface area contributed by atoms with Crippen LogP contribution in [0.4, 0.5) is 0 Å². The molecule has 0 aliphatic rings. The molecule has 100 valence electrons. The molecule has 0 saturated heterocycles. The van der Waals surface area contributed by atoms with Crippen molar-refractivity contribution < 1.29 is 14.6 Å². The molecule has 0 aliphatic heterocycles. The number of rotatable bonds is 7. The van der Waals surface area contributed by atoms with E-state index in [1.165, 1.54) is 6.07 Å². The first-order valence-corrected chi connectivity index (χ1v) is 6.43. The summed E-state index contributed by atoms with van der Waals surface area (Å²) in [6.45, 7) is 6.77. The molecule has 1 heterocycles. The molecule has 0 amide bonds. The molecule has 0 spiro atoms. The number of aromatic nitrogens is 1. The summed E-state index contributed by atoms with van der Waals surface area (Å²) in [4.78, 5) is 15.3. The van der Waals surface area contributed by atoms with E-state index in [-0.39, 0.29) is 5.56 Å². The van der Waals surface area contributed by atoms with Gasteiger partial charge in [0.05, 0.1) is 12.2 Å². The predicted octanol–water partition coefficient (Wildman–Crippen LogP) is 3.16. The first kappa shape index (κ1) is 14.5. The molecule has 0 saturated carbocycles. The van der Waals surface area contributed by atoms with E-state index in [1.807, 2.05) is 6.92 Å². The Morgan fingerprint density at radius 2 is 2.17 bits per heavy atom. The van der Waals surface area contributed by atoms with Crippen LogP contribution in [0.2, 0.25) is 0 Å². The van der Waals surface area contributed by atoms with Gasteiger partial charge in [-0.15, -0.1) is 0 Å². The summed E-state index contributed by atoms with van der Waals surface area (Å²) in [5.41, 5.74) is 0.980. The first-order valence-electron chi connectivity index (χ1n) is 6.43. The fraction of sp³-hybridized carbons (Fsp3) is 0.571. The number of carbonyl (C=O) groups is 1. The minimum absolute atomic E-state index is 0.236. The van der Waals surface area contributed by atoms with Crippen LogP contribution in [-0.4, -0.2) is 22.7 Å². The normalized spacial score (nSPS) is 12.2. The monoisotopic (exact) mass is 251 g/mol. The third-order valence-electron chi connectivity index (χ3n) is 2.76. The average molecular weight is 251 g/mol. The van der Waals surface area contributed by atoms with Crippen molar-refractivity contribution >= 4 is 5.97 Å². The van der Waals surface area contributed by atoms with Gasteiger partial charge in [-0.25, -0.2) is 9.78 Å². The summed E-state index contributed by atoms with van der Waals surface area (Å²) in [7, 11) is 0. The van der Waals surface area contributed by atoms with Crippen LogP contribution in [0.15, 0.2) is 12.1 Å². The Bertz CT molecular complexity index is 404. The summed E-state index contributed by atoms with van der Waals surface area (Å²) < 4.78 is 5.58. The number of carboxylic acids is 1. The highest BCUT2D eigenvalue weighted by molar-refractivity contribution is 5.88. The van der Waals surface area contributed by atoms with E-state index in [9.17, 15) is 4.79 Å². The van der Waals surface area contributed by atoms with E-state index in [0.29, 0.717) is 24.8 Å². The summed E-state index contributed by atoms with van der Waals surface area (Å²) in [6.07, 6.45) is 2.91. The second kappa shape index (κ2) is 6.99. The molecule has 1 rings (SSSR count). The van der Waals surface area contributed by atoms with Crippen LogP contribution in [0.25, 0.3) is 0 Å². The van der Waals surface area contributed by atoms with Crippen molar-refractivity contribution in [3.8, 4) is 5.88 Å². The molecule has 0 radical (unpaired) electrons. The van der Waals surface area contributed by atoms with Crippen LogP contribution < -0.4 is 4.74 Å². The van der Waals surface area contributed by atoms with E-state index >= 15 is 0 Å². The van der Waals surface area contributed by atoms with Crippen molar-refractivity contribution in [1.29, 1.82) is 0 Å². The van der Waals surface area contributed by atoms with Crippen molar-refractivity contribution in [3.63, 3.8) is 0 Å². The average Bonchev–Trinajstić information content (AvgIpc) is 2.36. The zero-order valence-corrected chi connectivity index (χ0v) is 11.3. The van der Waals surface area contributed by atoms with Gasteiger partial charge in [0.15, 0.2) is 0 Å². The van der Waals surface area contributed by atoms with Gasteiger partial charge in [-0.1, -0.05) is 27.2 Å². The van der Waals surface area contributed by atoms with Gasteiger partial charge in [-0.2, -0.15) is 0 Å². The van der Waals surface area contributed by atoms with Crippen LogP contribution in [0.3, 0.4) is 0 Å². The first-order chi connectivity index (χ1) is 8.56. The lowest BCUT2D eigenvalue weighted by Crippen LogP contribution is -2.10. The second-order valence-corrected chi connectivity index (χ2v) is 4.55. The Morgan fingerprint density at radius 1 is 1.44 bits per heavy atom. The maximum atomic E-state index is 11.0. The molecule has 1 N–H and O–H groups in total. The Labute approximate surface area is 108 Å². The second-order valence-electron chi connectivity index (χ2n) is 4.55. The van der Waals surface area contributed by atoms with Gasteiger partial charge in [0, 0.05) is 11.8 Å². The summed E-state index contributed by atoms with van der Waals surface area (Å²) in [5.74, 6) is -0.0800. The van der Waals surface area contributed by atoms with Crippen molar-refractivity contribution in [2.45, 2.75) is 40.0 Å². The molecule has 0 aromatic carbocycles. The van der Waals surface area contributed by atoms with Gasteiger partial charge in [0.2, 0.25) is 5.88 Å². The number of ether oxygens (including phenoxy) is 1. The van der Waals surface area contributed by atoms with Gasteiger partial charge in [0.1, 0.15) is 0 Å².